The Kier molecular flexibility index (Phi) is 5.80. The number of carbonyl (C=O) groups excluding carboxylic acids is 1. The predicted molar refractivity (Wildman–Crippen MR) is 84.6 cm³/mol. The second-order valence-electron chi connectivity index (χ2n) is 4.79. The minimum absolute atomic E-state index is 0.0196. The zero-order chi connectivity index (χ0) is 15.8. The van der Waals surface area contributed by atoms with Gasteiger partial charge in [0.2, 0.25) is 0 Å². The molecule has 5 nitrogen and oxygen atoms in total. The first-order valence-corrected chi connectivity index (χ1v) is 7.05. The Morgan fingerprint density at radius 2 is 1.68 bits per heavy atom. The minimum Gasteiger partial charge on any atom is -0.497 e. The lowest BCUT2D eigenvalue weighted by atomic mass is 10.1. The minimum atomic E-state index is -0.237. The molecule has 1 atom stereocenters. The van der Waals surface area contributed by atoms with Gasteiger partial charge in [0.25, 0.3) is 5.91 Å². The molecular formula is C17H20N2O3. The van der Waals surface area contributed by atoms with Crippen molar-refractivity contribution in [2.45, 2.75) is 13.0 Å². The number of rotatable bonds is 7. The Labute approximate surface area is 130 Å². The van der Waals surface area contributed by atoms with Gasteiger partial charge in [-0.25, -0.2) is 5.43 Å². The molecule has 0 saturated heterocycles. The molecule has 22 heavy (non-hydrogen) atoms. The molecule has 0 aromatic heterocycles. The maximum atomic E-state index is 11.8. The van der Waals surface area contributed by atoms with E-state index in [1.54, 1.807) is 31.4 Å². The average molecular weight is 300 g/mol. The van der Waals surface area contributed by atoms with Crippen molar-refractivity contribution in [3.63, 3.8) is 0 Å². The SMILES string of the molecule is COc1ccc(OCC(=O)NNC(C)c2ccccc2)cc1. The van der Waals surface area contributed by atoms with Gasteiger partial charge in [-0.05, 0) is 36.8 Å². The zero-order valence-electron chi connectivity index (χ0n) is 12.7. The van der Waals surface area contributed by atoms with Crippen LogP contribution in [0.25, 0.3) is 0 Å². The highest BCUT2D eigenvalue weighted by molar-refractivity contribution is 5.77. The number of carbonyl (C=O) groups is 1. The lowest BCUT2D eigenvalue weighted by molar-refractivity contribution is -0.124. The lowest BCUT2D eigenvalue weighted by Gasteiger charge is -2.15. The molecule has 2 N–H and O–H groups in total. The molecule has 116 valence electrons. The van der Waals surface area contributed by atoms with Gasteiger partial charge in [-0.2, -0.15) is 0 Å². The smallest absolute Gasteiger partial charge is 0.272 e. The highest BCUT2D eigenvalue weighted by atomic mass is 16.5. The molecule has 0 saturated carbocycles. The second-order valence-corrected chi connectivity index (χ2v) is 4.79. The summed E-state index contributed by atoms with van der Waals surface area (Å²) in [7, 11) is 1.60. The third-order valence-electron chi connectivity index (χ3n) is 3.16. The van der Waals surface area contributed by atoms with Crippen molar-refractivity contribution in [3.8, 4) is 11.5 Å². The van der Waals surface area contributed by atoms with Crippen molar-refractivity contribution in [1.29, 1.82) is 0 Å². The van der Waals surface area contributed by atoms with Crippen LogP contribution in [-0.4, -0.2) is 19.6 Å². The molecule has 2 aromatic carbocycles. The molecular weight excluding hydrogens is 280 g/mol. The van der Waals surface area contributed by atoms with E-state index < -0.39 is 0 Å². The van der Waals surface area contributed by atoms with Crippen molar-refractivity contribution in [3.05, 3.63) is 60.2 Å². The Hall–Kier alpha value is -2.53. The molecule has 1 unspecified atom stereocenters. The molecule has 2 aromatic rings. The standard InChI is InChI=1S/C17H20N2O3/c1-13(14-6-4-3-5-7-14)18-19-17(20)12-22-16-10-8-15(21-2)9-11-16/h3-11,13,18H,12H2,1-2H3,(H,19,20). The van der Waals surface area contributed by atoms with E-state index in [1.807, 2.05) is 37.3 Å². The Bertz CT molecular complexity index is 585. The Morgan fingerprint density at radius 1 is 1.05 bits per heavy atom. The summed E-state index contributed by atoms with van der Waals surface area (Å²) >= 11 is 0. The third kappa shape index (κ3) is 4.79. The first-order chi connectivity index (χ1) is 10.7. The van der Waals surface area contributed by atoms with Crippen molar-refractivity contribution in [1.82, 2.24) is 10.9 Å². The molecule has 0 aliphatic rings. The average Bonchev–Trinajstić information content (AvgIpc) is 2.59. The van der Waals surface area contributed by atoms with E-state index in [-0.39, 0.29) is 18.6 Å². The predicted octanol–water partition coefficient (Wildman–Crippen LogP) is 2.46. The summed E-state index contributed by atoms with van der Waals surface area (Å²) in [5, 5.41) is 0. The maximum Gasteiger partial charge on any atom is 0.272 e. The van der Waals surface area contributed by atoms with Gasteiger partial charge in [-0.1, -0.05) is 30.3 Å². The van der Waals surface area contributed by atoms with E-state index in [4.69, 9.17) is 9.47 Å². The third-order valence-corrected chi connectivity index (χ3v) is 3.16. The summed E-state index contributed by atoms with van der Waals surface area (Å²) in [6.45, 7) is 1.92. The van der Waals surface area contributed by atoms with Crippen LogP contribution >= 0.6 is 0 Å². The van der Waals surface area contributed by atoms with Crippen LogP contribution in [0.1, 0.15) is 18.5 Å². The van der Waals surface area contributed by atoms with Crippen molar-refractivity contribution < 1.29 is 14.3 Å². The van der Waals surface area contributed by atoms with Gasteiger partial charge in [0.15, 0.2) is 6.61 Å². The van der Waals surface area contributed by atoms with E-state index in [1.165, 1.54) is 0 Å². The summed E-state index contributed by atoms with van der Waals surface area (Å²) in [4.78, 5) is 11.8. The van der Waals surface area contributed by atoms with E-state index in [2.05, 4.69) is 10.9 Å². The summed E-state index contributed by atoms with van der Waals surface area (Å²) in [5.74, 6) is 1.13. The van der Waals surface area contributed by atoms with E-state index in [0.717, 1.165) is 11.3 Å². The maximum absolute atomic E-state index is 11.8. The number of methoxy groups -OCH3 is 1. The molecule has 0 fully saturated rings. The molecule has 0 radical (unpaired) electrons. The van der Waals surface area contributed by atoms with Crippen molar-refractivity contribution in [2.75, 3.05) is 13.7 Å². The van der Waals surface area contributed by atoms with Crippen LogP contribution < -0.4 is 20.3 Å². The van der Waals surface area contributed by atoms with Crippen molar-refractivity contribution >= 4 is 5.91 Å². The van der Waals surface area contributed by atoms with E-state index >= 15 is 0 Å². The van der Waals surface area contributed by atoms with Gasteiger partial charge < -0.3 is 9.47 Å². The number of hydrogen-bond acceptors (Lipinski definition) is 4. The molecule has 0 spiro atoms. The Balaban J connectivity index is 1.73. The molecule has 5 heteroatoms. The molecule has 0 aliphatic carbocycles. The monoisotopic (exact) mass is 300 g/mol. The van der Waals surface area contributed by atoms with Crippen LogP contribution in [0.15, 0.2) is 54.6 Å². The molecule has 1 amide bonds. The van der Waals surface area contributed by atoms with Gasteiger partial charge in [-0.3, -0.25) is 10.2 Å². The number of hydrogen-bond donors (Lipinski definition) is 2. The number of hydrazine groups is 1. The van der Waals surface area contributed by atoms with Gasteiger partial charge >= 0.3 is 0 Å². The van der Waals surface area contributed by atoms with Gasteiger partial charge in [-0.15, -0.1) is 0 Å². The largest absolute Gasteiger partial charge is 0.497 e. The van der Waals surface area contributed by atoms with Crippen LogP contribution in [0, 0.1) is 0 Å². The molecule has 0 bridgehead atoms. The quantitative estimate of drug-likeness (QED) is 0.771. The van der Waals surface area contributed by atoms with Crippen LogP contribution in [0.3, 0.4) is 0 Å². The first-order valence-electron chi connectivity index (χ1n) is 7.05. The second kappa shape index (κ2) is 8.05. The Morgan fingerprint density at radius 3 is 2.32 bits per heavy atom. The normalized spacial score (nSPS) is 11.5. The highest BCUT2D eigenvalue weighted by Crippen LogP contribution is 2.16. The van der Waals surface area contributed by atoms with Crippen LogP contribution in [-0.2, 0) is 4.79 Å². The zero-order valence-corrected chi connectivity index (χ0v) is 12.7. The van der Waals surface area contributed by atoms with Gasteiger partial charge in [0.05, 0.1) is 7.11 Å². The van der Waals surface area contributed by atoms with Crippen LogP contribution in [0.2, 0.25) is 0 Å². The van der Waals surface area contributed by atoms with Crippen LogP contribution in [0.4, 0.5) is 0 Å². The first kappa shape index (κ1) is 15.9. The summed E-state index contributed by atoms with van der Waals surface area (Å²) in [6.07, 6.45) is 0. The van der Waals surface area contributed by atoms with Gasteiger partial charge in [0.1, 0.15) is 11.5 Å². The summed E-state index contributed by atoms with van der Waals surface area (Å²) in [6, 6.07) is 17.0. The van der Waals surface area contributed by atoms with E-state index in [9.17, 15) is 4.79 Å². The van der Waals surface area contributed by atoms with Gasteiger partial charge in [0, 0.05) is 6.04 Å². The van der Waals surface area contributed by atoms with Crippen LogP contribution in [0.5, 0.6) is 11.5 Å². The molecule has 0 heterocycles. The fraction of sp³-hybridized carbons (Fsp3) is 0.235. The molecule has 0 aliphatic heterocycles. The highest BCUT2D eigenvalue weighted by Gasteiger charge is 2.07. The number of nitrogens with one attached hydrogen (secondary N) is 2. The fourth-order valence-corrected chi connectivity index (χ4v) is 1.87. The lowest BCUT2D eigenvalue weighted by Crippen LogP contribution is -2.41. The number of ether oxygens (including phenoxy) is 2. The molecule has 2 rings (SSSR count). The summed E-state index contributed by atoms with van der Waals surface area (Å²) < 4.78 is 10.5. The van der Waals surface area contributed by atoms with Crippen molar-refractivity contribution in [2.24, 2.45) is 0 Å². The topological polar surface area (TPSA) is 59.6 Å². The number of amides is 1. The number of benzene rings is 2. The summed E-state index contributed by atoms with van der Waals surface area (Å²) in [5.41, 5.74) is 6.68. The fourth-order valence-electron chi connectivity index (χ4n) is 1.87. The van der Waals surface area contributed by atoms with E-state index in [0.29, 0.717) is 5.75 Å².